The third kappa shape index (κ3) is 2.96. The summed E-state index contributed by atoms with van der Waals surface area (Å²) in [4.78, 5) is 13.8. The molecular weight excluding hydrogens is 245 g/mol. The maximum atomic E-state index is 12.7. The number of hydrogen-bond donors (Lipinski definition) is 1. The van der Waals surface area contributed by atoms with Gasteiger partial charge in [-0.1, -0.05) is 6.42 Å². The molecule has 0 spiro atoms. The van der Waals surface area contributed by atoms with Gasteiger partial charge in [0.2, 0.25) is 5.91 Å². The number of hydrogen-bond acceptors (Lipinski definition) is 2. The molecule has 1 amide bonds. The largest absolute Gasteiger partial charge is 0.391 e. The number of alkyl halides is 3. The molecule has 0 aromatic heterocycles. The van der Waals surface area contributed by atoms with Gasteiger partial charge in [-0.25, -0.2) is 0 Å². The van der Waals surface area contributed by atoms with E-state index in [-0.39, 0.29) is 24.8 Å². The molecule has 3 nitrogen and oxygen atoms in total. The Kier molecular flexibility index (Phi) is 3.84. The highest BCUT2D eigenvalue weighted by Crippen LogP contribution is 2.40. The first-order valence-corrected chi connectivity index (χ1v) is 6.49. The summed E-state index contributed by atoms with van der Waals surface area (Å²) in [5, 5.41) is 0. The Morgan fingerprint density at radius 1 is 1.22 bits per heavy atom. The van der Waals surface area contributed by atoms with Crippen molar-refractivity contribution in [1.82, 2.24) is 4.90 Å². The van der Waals surface area contributed by atoms with Crippen LogP contribution in [0.15, 0.2) is 0 Å². The zero-order chi connectivity index (χ0) is 13.3. The molecule has 104 valence electrons. The summed E-state index contributed by atoms with van der Waals surface area (Å²) >= 11 is 0. The fourth-order valence-electron chi connectivity index (χ4n) is 2.96. The molecule has 1 aliphatic heterocycles. The maximum Gasteiger partial charge on any atom is 0.391 e. The topological polar surface area (TPSA) is 46.3 Å². The van der Waals surface area contributed by atoms with Crippen molar-refractivity contribution in [1.29, 1.82) is 0 Å². The average molecular weight is 264 g/mol. The summed E-state index contributed by atoms with van der Waals surface area (Å²) in [5.74, 6) is -1.90. The fourth-order valence-corrected chi connectivity index (χ4v) is 2.96. The van der Waals surface area contributed by atoms with Gasteiger partial charge in [-0.2, -0.15) is 13.2 Å². The molecule has 18 heavy (non-hydrogen) atoms. The predicted molar refractivity (Wildman–Crippen MR) is 60.7 cm³/mol. The van der Waals surface area contributed by atoms with Crippen LogP contribution in [-0.4, -0.2) is 36.1 Å². The van der Waals surface area contributed by atoms with Crippen molar-refractivity contribution in [2.75, 3.05) is 13.1 Å². The van der Waals surface area contributed by atoms with Gasteiger partial charge < -0.3 is 10.6 Å². The van der Waals surface area contributed by atoms with Crippen LogP contribution in [0, 0.1) is 11.8 Å². The number of likely N-dealkylation sites (tertiary alicyclic amines) is 1. The monoisotopic (exact) mass is 264 g/mol. The van der Waals surface area contributed by atoms with Crippen molar-refractivity contribution in [3.63, 3.8) is 0 Å². The first-order valence-electron chi connectivity index (χ1n) is 6.49. The van der Waals surface area contributed by atoms with Crippen LogP contribution in [0.1, 0.15) is 32.1 Å². The van der Waals surface area contributed by atoms with Crippen LogP contribution in [0.5, 0.6) is 0 Å². The number of halogens is 3. The first-order chi connectivity index (χ1) is 8.38. The minimum atomic E-state index is -4.17. The van der Waals surface area contributed by atoms with Gasteiger partial charge in [-0.05, 0) is 25.7 Å². The number of nitrogens with two attached hydrogens (primary N) is 1. The molecular formula is C12H19F3N2O. The highest BCUT2D eigenvalue weighted by atomic mass is 19.4. The Bertz CT molecular complexity index is 319. The summed E-state index contributed by atoms with van der Waals surface area (Å²) in [6.45, 7) is 1.08. The van der Waals surface area contributed by atoms with E-state index < -0.39 is 18.0 Å². The number of carbonyl (C=O) groups excluding carboxylic acids is 1. The van der Waals surface area contributed by atoms with Crippen LogP contribution in [0.25, 0.3) is 0 Å². The summed E-state index contributed by atoms with van der Waals surface area (Å²) in [6, 6.07) is -0.0176. The fraction of sp³-hybridized carbons (Fsp3) is 0.917. The van der Waals surface area contributed by atoms with E-state index in [9.17, 15) is 18.0 Å². The molecule has 0 aromatic carbocycles. The summed E-state index contributed by atoms with van der Waals surface area (Å²) in [6.07, 6.45) is -2.24. The molecule has 1 saturated heterocycles. The van der Waals surface area contributed by atoms with E-state index in [4.69, 9.17) is 5.73 Å². The summed E-state index contributed by atoms with van der Waals surface area (Å²) < 4.78 is 38.0. The molecule has 1 heterocycles. The smallest absolute Gasteiger partial charge is 0.341 e. The van der Waals surface area contributed by atoms with Gasteiger partial charge in [0.15, 0.2) is 0 Å². The molecule has 1 aliphatic carbocycles. The molecule has 3 atom stereocenters. The maximum absolute atomic E-state index is 12.7. The third-order valence-electron chi connectivity index (χ3n) is 4.02. The van der Waals surface area contributed by atoms with Crippen molar-refractivity contribution >= 4 is 5.91 Å². The van der Waals surface area contributed by atoms with Crippen molar-refractivity contribution in [3.8, 4) is 0 Å². The van der Waals surface area contributed by atoms with Gasteiger partial charge in [0, 0.05) is 25.0 Å². The number of carbonyl (C=O) groups is 1. The second-order valence-electron chi connectivity index (χ2n) is 5.44. The Morgan fingerprint density at radius 3 is 2.50 bits per heavy atom. The van der Waals surface area contributed by atoms with Gasteiger partial charge in [0.1, 0.15) is 0 Å². The van der Waals surface area contributed by atoms with E-state index in [0.717, 1.165) is 6.42 Å². The summed E-state index contributed by atoms with van der Waals surface area (Å²) in [5.41, 5.74) is 5.72. The Balaban J connectivity index is 1.94. The van der Waals surface area contributed by atoms with E-state index in [1.165, 1.54) is 0 Å². The molecule has 2 aliphatic rings. The molecule has 2 fully saturated rings. The lowest BCUT2D eigenvalue weighted by atomic mass is 9.80. The van der Waals surface area contributed by atoms with Crippen LogP contribution in [0.4, 0.5) is 13.2 Å². The predicted octanol–water partition coefficient (Wildman–Crippen LogP) is 1.91. The molecule has 3 unspecified atom stereocenters. The zero-order valence-corrected chi connectivity index (χ0v) is 10.2. The zero-order valence-electron chi connectivity index (χ0n) is 10.2. The van der Waals surface area contributed by atoms with E-state index in [2.05, 4.69) is 0 Å². The van der Waals surface area contributed by atoms with Gasteiger partial charge in [-0.3, -0.25) is 4.79 Å². The number of nitrogens with zero attached hydrogens (tertiary/aromatic N) is 1. The van der Waals surface area contributed by atoms with Gasteiger partial charge >= 0.3 is 6.18 Å². The lowest BCUT2D eigenvalue weighted by Crippen LogP contribution is -2.40. The molecule has 6 heteroatoms. The van der Waals surface area contributed by atoms with Crippen molar-refractivity contribution in [2.45, 2.75) is 44.3 Å². The second kappa shape index (κ2) is 5.07. The Labute approximate surface area is 104 Å². The van der Waals surface area contributed by atoms with Crippen molar-refractivity contribution in [3.05, 3.63) is 0 Å². The van der Waals surface area contributed by atoms with Crippen LogP contribution in [-0.2, 0) is 4.79 Å². The Hall–Kier alpha value is -0.780. The number of amides is 1. The lowest BCUT2D eigenvalue weighted by molar-refractivity contribution is -0.187. The molecule has 0 radical (unpaired) electrons. The van der Waals surface area contributed by atoms with Crippen LogP contribution in [0.2, 0.25) is 0 Å². The van der Waals surface area contributed by atoms with E-state index in [1.54, 1.807) is 4.90 Å². The molecule has 2 N–H and O–H groups in total. The van der Waals surface area contributed by atoms with Gasteiger partial charge in [0.05, 0.1) is 5.92 Å². The van der Waals surface area contributed by atoms with Crippen molar-refractivity contribution < 1.29 is 18.0 Å². The highest BCUT2D eigenvalue weighted by molar-refractivity contribution is 5.79. The summed E-state index contributed by atoms with van der Waals surface area (Å²) in [7, 11) is 0. The van der Waals surface area contributed by atoms with Gasteiger partial charge in [-0.15, -0.1) is 0 Å². The minimum absolute atomic E-state index is 0.0176. The Morgan fingerprint density at radius 2 is 1.94 bits per heavy atom. The minimum Gasteiger partial charge on any atom is -0.341 e. The molecule has 0 bridgehead atoms. The molecule has 0 aromatic rings. The standard InChI is InChI=1S/C12H19F3N2O/c13-12(14,15)9-3-1-2-8(6-9)11(18)17-5-4-10(16)7-17/h8-10H,1-7,16H2. The highest BCUT2D eigenvalue weighted by Gasteiger charge is 2.44. The average Bonchev–Trinajstić information content (AvgIpc) is 2.74. The second-order valence-corrected chi connectivity index (χ2v) is 5.44. The SMILES string of the molecule is NC1CCN(C(=O)C2CCCC(C(F)(F)F)C2)C1. The normalized spacial score (nSPS) is 33.8. The molecule has 2 rings (SSSR count). The first kappa shape index (κ1) is 13.6. The lowest BCUT2D eigenvalue weighted by Gasteiger charge is -2.32. The van der Waals surface area contributed by atoms with E-state index in [1.807, 2.05) is 0 Å². The van der Waals surface area contributed by atoms with E-state index in [0.29, 0.717) is 25.9 Å². The van der Waals surface area contributed by atoms with Crippen molar-refractivity contribution in [2.24, 2.45) is 17.6 Å². The van der Waals surface area contributed by atoms with Gasteiger partial charge in [0.25, 0.3) is 0 Å². The molecule has 1 saturated carbocycles. The number of rotatable bonds is 1. The van der Waals surface area contributed by atoms with Crippen LogP contribution >= 0.6 is 0 Å². The van der Waals surface area contributed by atoms with Crippen LogP contribution < -0.4 is 5.73 Å². The van der Waals surface area contributed by atoms with Crippen LogP contribution in [0.3, 0.4) is 0 Å². The third-order valence-corrected chi connectivity index (χ3v) is 4.02. The quantitative estimate of drug-likeness (QED) is 0.786. The van der Waals surface area contributed by atoms with E-state index >= 15 is 0 Å².